The van der Waals surface area contributed by atoms with Crippen LogP contribution in [-0.2, 0) is 4.79 Å². The van der Waals surface area contributed by atoms with Crippen molar-refractivity contribution in [3.8, 4) is 0 Å². The van der Waals surface area contributed by atoms with Crippen LogP contribution in [-0.4, -0.2) is 27.9 Å². The van der Waals surface area contributed by atoms with E-state index in [-0.39, 0.29) is 21.6 Å². The number of carboxylic acids is 1. The maximum Gasteiger partial charge on any atom is 0.326 e. The van der Waals surface area contributed by atoms with Crippen LogP contribution >= 0.6 is 15.9 Å². The number of carbonyl (C=O) groups is 2. The molecular formula is C13H15BrN2O5. The number of halogens is 1. The highest BCUT2D eigenvalue weighted by Crippen LogP contribution is 2.23. The Morgan fingerprint density at radius 2 is 2.05 bits per heavy atom. The third-order valence-corrected chi connectivity index (χ3v) is 3.37. The second-order valence-electron chi connectivity index (χ2n) is 4.92. The van der Waals surface area contributed by atoms with E-state index >= 15 is 0 Å². The summed E-state index contributed by atoms with van der Waals surface area (Å²) in [4.78, 5) is 33.2. The average molecular weight is 359 g/mol. The lowest BCUT2D eigenvalue weighted by atomic mass is 10.0. The number of nitrogens with zero attached hydrogens (tertiary/aromatic N) is 1. The second kappa shape index (κ2) is 7.16. The van der Waals surface area contributed by atoms with E-state index in [1.807, 2.05) is 13.8 Å². The van der Waals surface area contributed by atoms with E-state index in [9.17, 15) is 19.7 Å². The van der Waals surface area contributed by atoms with Crippen LogP contribution in [0.1, 0.15) is 30.6 Å². The predicted molar refractivity (Wildman–Crippen MR) is 79.1 cm³/mol. The van der Waals surface area contributed by atoms with Crippen molar-refractivity contribution in [3.63, 3.8) is 0 Å². The number of carboxylic acid groups (broad SMARTS) is 1. The summed E-state index contributed by atoms with van der Waals surface area (Å²) in [5, 5.41) is 22.1. The largest absolute Gasteiger partial charge is 0.480 e. The zero-order chi connectivity index (χ0) is 16.2. The molecule has 0 bridgehead atoms. The Bertz CT molecular complexity index is 574. The Morgan fingerprint density at radius 1 is 1.43 bits per heavy atom. The van der Waals surface area contributed by atoms with E-state index in [2.05, 4.69) is 21.2 Å². The summed E-state index contributed by atoms with van der Waals surface area (Å²) in [5.74, 6) is -1.60. The van der Waals surface area contributed by atoms with Crippen LogP contribution in [0.5, 0.6) is 0 Å². The molecule has 1 amide bonds. The summed E-state index contributed by atoms with van der Waals surface area (Å²) in [6.45, 7) is 3.70. The smallest absolute Gasteiger partial charge is 0.326 e. The Balaban J connectivity index is 2.92. The number of nitrogens with one attached hydrogen (secondary N) is 1. The van der Waals surface area contributed by atoms with Gasteiger partial charge in [-0.1, -0.05) is 13.8 Å². The summed E-state index contributed by atoms with van der Waals surface area (Å²) in [5.41, 5.74) is -0.00834. The van der Waals surface area contributed by atoms with Crippen LogP contribution in [0, 0.1) is 16.0 Å². The van der Waals surface area contributed by atoms with Crippen molar-refractivity contribution >= 4 is 33.5 Å². The van der Waals surface area contributed by atoms with Crippen LogP contribution in [0.15, 0.2) is 22.7 Å². The Morgan fingerprint density at radius 3 is 2.48 bits per heavy atom. The lowest BCUT2D eigenvalue weighted by Crippen LogP contribution is -2.41. The number of nitro groups is 1. The van der Waals surface area contributed by atoms with Crippen molar-refractivity contribution in [1.82, 2.24) is 5.32 Å². The summed E-state index contributed by atoms with van der Waals surface area (Å²) >= 11 is 3.08. The van der Waals surface area contributed by atoms with Gasteiger partial charge in [-0.2, -0.15) is 0 Å². The number of benzene rings is 1. The van der Waals surface area contributed by atoms with Gasteiger partial charge in [0.2, 0.25) is 0 Å². The van der Waals surface area contributed by atoms with Gasteiger partial charge in [-0.15, -0.1) is 0 Å². The monoisotopic (exact) mass is 358 g/mol. The first-order valence-corrected chi connectivity index (χ1v) is 6.99. The highest BCUT2D eigenvalue weighted by molar-refractivity contribution is 9.10. The zero-order valence-electron chi connectivity index (χ0n) is 11.5. The highest BCUT2D eigenvalue weighted by atomic mass is 79.9. The maximum atomic E-state index is 12.1. The average Bonchev–Trinajstić information content (AvgIpc) is 2.36. The lowest BCUT2D eigenvalue weighted by molar-refractivity contribution is -0.384. The molecule has 0 aliphatic heterocycles. The third-order valence-electron chi connectivity index (χ3n) is 2.72. The lowest BCUT2D eigenvalue weighted by Gasteiger charge is -2.16. The van der Waals surface area contributed by atoms with Gasteiger partial charge < -0.3 is 10.4 Å². The summed E-state index contributed by atoms with van der Waals surface area (Å²) in [6, 6.07) is 2.68. The molecule has 1 aromatic carbocycles. The minimum absolute atomic E-state index is 0.103. The van der Waals surface area contributed by atoms with E-state index in [0.717, 1.165) is 0 Å². The summed E-state index contributed by atoms with van der Waals surface area (Å²) in [7, 11) is 0. The molecule has 0 spiro atoms. The van der Waals surface area contributed by atoms with Crippen molar-refractivity contribution in [3.05, 3.63) is 38.3 Å². The number of rotatable bonds is 6. The minimum Gasteiger partial charge on any atom is -0.480 e. The summed E-state index contributed by atoms with van der Waals surface area (Å²) < 4.78 is 0.239. The molecule has 0 heterocycles. The molecule has 0 saturated carbocycles. The first kappa shape index (κ1) is 17.1. The minimum atomic E-state index is -1.12. The Hall–Kier alpha value is -1.96. The van der Waals surface area contributed by atoms with Gasteiger partial charge in [0.05, 0.1) is 10.5 Å². The third kappa shape index (κ3) is 4.82. The molecule has 21 heavy (non-hydrogen) atoms. The molecule has 1 unspecified atom stereocenters. The van der Waals surface area contributed by atoms with Crippen molar-refractivity contribution in [2.24, 2.45) is 5.92 Å². The molecule has 0 aliphatic carbocycles. The van der Waals surface area contributed by atoms with Crippen molar-refractivity contribution in [1.29, 1.82) is 0 Å². The first-order chi connectivity index (χ1) is 9.72. The molecule has 1 aromatic rings. The molecule has 0 radical (unpaired) electrons. The Kier molecular flexibility index (Phi) is 5.83. The quantitative estimate of drug-likeness (QED) is 0.599. The number of hydrogen-bond donors (Lipinski definition) is 2. The Labute approximate surface area is 129 Å². The van der Waals surface area contributed by atoms with Gasteiger partial charge in [0.25, 0.3) is 11.6 Å². The standard InChI is InChI=1S/C13H15BrN2O5/c1-7(2)5-11(13(18)19)15-12(17)9-4-3-8(16(20)21)6-10(9)14/h3-4,6-7,11H,5H2,1-2H3,(H,15,17)(H,18,19). The number of hydrogen-bond acceptors (Lipinski definition) is 4. The van der Waals surface area contributed by atoms with Crippen LogP contribution in [0.4, 0.5) is 5.69 Å². The molecule has 0 saturated heterocycles. The van der Waals surface area contributed by atoms with E-state index in [0.29, 0.717) is 6.42 Å². The number of nitro benzene ring substituents is 1. The fourth-order valence-corrected chi connectivity index (χ4v) is 2.28. The number of carbonyl (C=O) groups excluding carboxylic acids is 1. The SMILES string of the molecule is CC(C)CC(NC(=O)c1ccc([N+](=O)[O-])cc1Br)C(=O)O. The molecule has 7 nitrogen and oxygen atoms in total. The van der Waals surface area contributed by atoms with Crippen LogP contribution in [0.3, 0.4) is 0 Å². The van der Waals surface area contributed by atoms with Crippen molar-refractivity contribution in [2.75, 3.05) is 0 Å². The van der Waals surface area contributed by atoms with Gasteiger partial charge in [-0.05, 0) is 34.3 Å². The van der Waals surface area contributed by atoms with E-state index in [1.165, 1.54) is 18.2 Å². The summed E-state index contributed by atoms with van der Waals surface area (Å²) in [6.07, 6.45) is 0.297. The van der Waals surface area contributed by atoms with Gasteiger partial charge in [-0.3, -0.25) is 14.9 Å². The molecule has 1 rings (SSSR count). The highest BCUT2D eigenvalue weighted by Gasteiger charge is 2.23. The second-order valence-corrected chi connectivity index (χ2v) is 5.77. The maximum absolute atomic E-state index is 12.1. The van der Waals surface area contributed by atoms with Gasteiger partial charge in [0, 0.05) is 16.6 Å². The molecule has 8 heteroatoms. The van der Waals surface area contributed by atoms with Crippen LogP contribution in [0.25, 0.3) is 0 Å². The van der Waals surface area contributed by atoms with Gasteiger partial charge in [0.15, 0.2) is 0 Å². The fourth-order valence-electron chi connectivity index (χ4n) is 1.73. The molecule has 114 valence electrons. The molecule has 0 aliphatic rings. The van der Waals surface area contributed by atoms with Gasteiger partial charge in [0.1, 0.15) is 6.04 Å². The molecule has 0 aromatic heterocycles. The topological polar surface area (TPSA) is 110 Å². The number of non-ortho nitro benzene ring substituents is 1. The van der Waals surface area contributed by atoms with Crippen LogP contribution in [0.2, 0.25) is 0 Å². The van der Waals surface area contributed by atoms with Crippen molar-refractivity contribution in [2.45, 2.75) is 26.3 Å². The molecule has 0 fully saturated rings. The van der Waals surface area contributed by atoms with Gasteiger partial charge in [-0.25, -0.2) is 4.79 Å². The first-order valence-electron chi connectivity index (χ1n) is 6.20. The molecular weight excluding hydrogens is 344 g/mol. The number of amides is 1. The van der Waals surface area contributed by atoms with E-state index in [4.69, 9.17) is 5.11 Å². The molecule has 1 atom stereocenters. The zero-order valence-corrected chi connectivity index (χ0v) is 13.1. The predicted octanol–water partition coefficient (Wildman–Crippen LogP) is 2.59. The normalized spacial score (nSPS) is 12.0. The molecule has 2 N–H and O–H groups in total. The van der Waals surface area contributed by atoms with Crippen molar-refractivity contribution < 1.29 is 19.6 Å². The van der Waals surface area contributed by atoms with E-state index < -0.39 is 22.8 Å². The van der Waals surface area contributed by atoms with Gasteiger partial charge >= 0.3 is 5.97 Å². The number of aliphatic carboxylic acids is 1. The fraction of sp³-hybridized carbons (Fsp3) is 0.385. The van der Waals surface area contributed by atoms with E-state index in [1.54, 1.807) is 0 Å². The van der Waals surface area contributed by atoms with Crippen LogP contribution < -0.4 is 5.32 Å².